The van der Waals surface area contributed by atoms with Gasteiger partial charge in [0.15, 0.2) is 17.5 Å². The molecule has 9 aromatic carbocycles. The minimum absolute atomic E-state index is 0.633. The molecule has 5 heteroatoms. The maximum Gasteiger partial charge on any atom is 0.164 e. The van der Waals surface area contributed by atoms with Gasteiger partial charge in [-0.1, -0.05) is 164 Å². The van der Waals surface area contributed by atoms with Gasteiger partial charge in [0, 0.05) is 49.3 Å². The lowest BCUT2D eigenvalue weighted by molar-refractivity contribution is 1.07. The largest absolute Gasteiger partial charge is 0.309 e. The first-order valence-electron chi connectivity index (χ1n) is 20.7. The quantitative estimate of drug-likeness (QED) is 0.169. The van der Waals surface area contributed by atoms with Crippen LogP contribution in [-0.2, 0) is 0 Å². The van der Waals surface area contributed by atoms with Gasteiger partial charge < -0.3 is 9.13 Å². The average molecular weight is 780 g/mol. The molecule has 0 saturated carbocycles. The van der Waals surface area contributed by atoms with Crippen LogP contribution in [-0.4, -0.2) is 24.1 Å². The van der Waals surface area contributed by atoms with Gasteiger partial charge in [-0.3, -0.25) is 0 Å². The topological polar surface area (TPSA) is 48.5 Å². The monoisotopic (exact) mass is 779 g/mol. The molecule has 0 bridgehead atoms. The Labute approximate surface area is 352 Å². The van der Waals surface area contributed by atoms with Crippen LogP contribution < -0.4 is 0 Å². The number of aryl methyl sites for hydroxylation is 1. The zero-order valence-corrected chi connectivity index (χ0v) is 33.4. The molecule has 5 nitrogen and oxygen atoms in total. The van der Waals surface area contributed by atoms with Gasteiger partial charge in [-0.25, -0.2) is 15.0 Å². The summed E-state index contributed by atoms with van der Waals surface area (Å²) in [5.41, 5.74) is 13.2. The normalized spacial score (nSPS) is 11.7. The summed E-state index contributed by atoms with van der Waals surface area (Å²) in [6.45, 7) is 2.20. The summed E-state index contributed by atoms with van der Waals surface area (Å²) in [6, 6.07) is 73.2. The van der Waals surface area contributed by atoms with Gasteiger partial charge in [0.1, 0.15) is 0 Å². The number of hydrogen-bond donors (Lipinski definition) is 0. The standard InChI is InChI=1S/C56H37N5/c1-36-35-42(56-58-54(40-18-6-3-7-19-40)57-55(59-56)41-29-27-38(28-30-41)37-15-4-2-5-16-37)31-33-47(36)61-49-24-12-10-22-44(49)45-32-34-51-52(53(45)61)46-23-11-13-25-50(46)60(51)48-26-14-20-39-17-8-9-21-43(39)48/h2-35H,1H3. The van der Waals surface area contributed by atoms with E-state index in [1.807, 2.05) is 24.3 Å². The smallest absolute Gasteiger partial charge is 0.164 e. The van der Waals surface area contributed by atoms with Gasteiger partial charge >= 0.3 is 0 Å². The van der Waals surface area contributed by atoms with Gasteiger partial charge in [-0.05, 0) is 71.5 Å². The third-order valence-corrected chi connectivity index (χ3v) is 12.1. The fraction of sp³-hybridized carbons (Fsp3) is 0.0179. The lowest BCUT2D eigenvalue weighted by atomic mass is 10.0. The van der Waals surface area contributed by atoms with Gasteiger partial charge in [0.2, 0.25) is 0 Å². The molecule has 61 heavy (non-hydrogen) atoms. The second-order valence-corrected chi connectivity index (χ2v) is 15.7. The highest BCUT2D eigenvalue weighted by atomic mass is 15.0. The van der Waals surface area contributed by atoms with E-state index >= 15 is 0 Å². The second kappa shape index (κ2) is 14.0. The van der Waals surface area contributed by atoms with Gasteiger partial charge in [0.05, 0.1) is 27.8 Å². The Bertz CT molecular complexity index is 3630. The molecule has 0 aliphatic heterocycles. The van der Waals surface area contributed by atoms with E-state index in [4.69, 9.17) is 15.0 Å². The molecule has 0 saturated heterocycles. The number of fused-ring (bicyclic) bond motifs is 8. The van der Waals surface area contributed by atoms with Crippen LogP contribution in [0.5, 0.6) is 0 Å². The lowest BCUT2D eigenvalue weighted by Gasteiger charge is -2.14. The van der Waals surface area contributed by atoms with Crippen molar-refractivity contribution in [1.82, 2.24) is 24.1 Å². The summed E-state index contributed by atoms with van der Waals surface area (Å²) in [4.78, 5) is 15.2. The van der Waals surface area contributed by atoms with E-state index in [0.717, 1.165) is 39.0 Å². The minimum Gasteiger partial charge on any atom is -0.309 e. The van der Waals surface area contributed by atoms with Gasteiger partial charge in [0.25, 0.3) is 0 Å². The minimum atomic E-state index is 0.633. The van der Waals surface area contributed by atoms with Crippen LogP contribution in [0.4, 0.5) is 0 Å². The van der Waals surface area contributed by atoms with E-state index in [0.29, 0.717) is 17.5 Å². The van der Waals surface area contributed by atoms with Crippen molar-refractivity contribution in [1.29, 1.82) is 0 Å². The highest BCUT2D eigenvalue weighted by Crippen LogP contribution is 2.43. The Morgan fingerprint density at radius 1 is 0.328 bits per heavy atom. The van der Waals surface area contributed by atoms with E-state index in [-0.39, 0.29) is 0 Å². The summed E-state index contributed by atoms with van der Waals surface area (Å²) in [7, 11) is 0. The van der Waals surface area contributed by atoms with E-state index in [1.54, 1.807) is 0 Å². The molecule has 0 radical (unpaired) electrons. The number of rotatable bonds is 6. The lowest BCUT2D eigenvalue weighted by Crippen LogP contribution is -2.02. The van der Waals surface area contributed by atoms with Crippen molar-refractivity contribution < 1.29 is 0 Å². The summed E-state index contributed by atoms with van der Waals surface area (Å²) in [5.74, 6) is 1.91. The van der Waals surface area contributed by atoms with Crippen molar-refractivity contribution in [3.05, 3.63) is 212 Å². The van der Waals surface area contributed by atoms with Crippen molar-refractivity contribution >= 4 is 54.4 Å². The molecule has 12 aromatic rings. The SMILES string of the molecule is Cc1cc(-c2nc(-c3ccccc3)nc(-c3ccc(-c4ccccc4)cc3)n2)ccc1-n1c2ccccc2c2ccc3c(c4ccccc4n3-c3cccc4ccccc34)c21. The molecular weight excluding hydrogens is 743 g/mol. The highest BCUT2D eigenvalue weighted by molar-refractivity contribution is 6.26. The zero-order chi connectivity index (χ0) is 40.4. The van der Waals surface area contributed by atoms with Crippen LogP contribution >= 0.6 is 0 Å². The Morgan fingerprint density at radius 2 is 0.852 bits per heavy atom. The molecule has 286 valence electrons. The van der Waals surface area contributed by atoms with Crippen LogP contribution in [0.25, 0.3) is 111 Å². The molecule has 0 amide bonds. The molecule has 0 aliphatic rings. The van der Waals surface area contributed by atoms with Crippen molar-refractivity contribution in [3.8, 4) is 56.7 Å². The van der Waals surface area contributed by atoms with Crippen molar-refractivity contribution in [2.75, 3.05) is 0 Å². The fourth-order valence-electron chi connectivity index (χ4n) is 9.26. The maximum absolute atomic E-state index is 5.13. The molecule has 0 fully saturated rings. The predicted octanol–water partition coefficient (Wildman–Crippen LogP) is 14.2. The number of nitrogens with zero attached hydrogens (tertiary/aromatic N) is 5. The Morgan fingerprint density at radius 3 is 1.57 bits per heavy atom. The number of hydrogen-bond acceptors (Lipinski definition) is 3. The number of para-hydroxylation sites is 2. The van der Waals surface area contributed by atoms with E-state index in [9.17, 15) is 0 Å². The van der Waals surface area contributed by atoms with Crippen molar-refractivity contribution in [2.45, 2.75) is 6.92 Å². The Hall–Kier alpha value is -8.15. The maximum atomic E-state index is 5.13. The molecule has 0 atom stereocenters. The molecule has 0 unspecified atom stereocenters. The number of aromatic nitrogens is 5. The Balaban J connectivity index is 1.05. The van der Waals surface area contributed by atoms with Gasteiger partial charge in [-0.2, -0.15) is 0 Å². The summed E-state index contributed by atoms with van der Waals surface area (Å²) >= 11 is 0. The number of benzene rings is 9. The van der Waals surface area contributed by atoms with Gasteiger partial charge in [-0.15, -0.1) is 0 Å². The summed E-state index contributed by atoms with van der Waals surface area (Å²) in [5, 5.41) is 7.34. The van der Waals surface area contributed by atoms with Crippen LogP contribution in [0.15, 0.2) is 206 Å². The summed E-state index contributed by atoms with van der Waals surface area (Å²) in [6.07, 6.45) is 0. The molecule has 0 aliphatic carbocycles. The molecule has 3 heterocycles. The predicted molar refractivity (Wildman–Crippen MR) is 252 cm³/mol. The molecule has 12 rings (SSSR count). The van der Waals surface area contributed by atoms with Crippen LogP contribution in [0.3, 0.4) is 0 Å². The third-order valence-electron chi connectivity index (χ3n) is 12.1. The zero-order valence-electron chi connectivity index (χ0n) is 33.4. The van der Waals surface area contributed by atoms with E-state index in [1.165, 1.54) is 60.1 Å². The van der Waals surface area contributed by atoms with Crippen LogP contribution in [0, 0.1) is 6.92 Å². The fourth-order valence-corrected chi connectivity index (χ4v) is 9.26. The average Bonchev–Trinajstić information content (AvgIpc) is 3.84. The molecule has 3 aromatic heterocycles. The van der Waals surface area contributed by atoms with E-state index in [2.05, 4.69) is 198 Å². The van der Waals surface area contributed by atoms with Crippen LogP contribution in [0.1, 0.15) is 5.56 Å². The molecule has 0 N–H and O–H groups in total. The van der Waals surface area contributed by atoms with Crippen LogP contribution in [0.2, 0.25) is 0 Å². The second-order valence-electron chi connectivity index (χ2n) is 15.7. The highest BCUT2D eigenvalue weighted by Gasteiger charge is 2.22. The molecule has 0 spiro atoms. The summed E-state index contributed by atoms with van der Waals surface area (Å²) < 4.78 is 4.91. The van der Waals surface area contributed by atoms with Crippen molar-refractivity contribution in [2.24, 2.45) is 0 Å². The Kier molecular flexibility index (Phi) is 8.00. The first kappa shape index (κ1) is 34.9. The first-order valence-corrected chi connectivity index (χ1v) is 20.7. The first-order chi connectivity index (χ1) is 30.2. The van der Waals surface area contributed by atoms with E-state index < -0.39 is 0 Å². The third kappa shape index (κ3) is 5.66. The van der Waals surface area contributed by atoms with Crippen molar-refractivity contribution in [3.63, 3.8) is 0 Å². The molecular formula is C56H37N5.